The van der Waals surface area contributed by atoms with Crippen LogP contribution in [0.4, 0.5) is 0 Å². The highest BCUT2D eigenvalue weighted by atomic mass is 127. The molecule has 0 saturated carbocycles. The number of hydrogen-bond acceptors (Lipinski definition) is 10. The topological polar surface area (TPSA) is 154 Å². The Kier molecular flexibility index (Phi) is 73.1. The normalized spacial score (nSPS) is 12.5. The van der Waals surface area contributed by atoms with Crippen LogP contribution in [0, 0.1) is 72.4 Å². The van der Waals surface area contributed by atoms with Crippen molar-refractivity contribution in [2.45, 2.75) is 529 Å². The number of alkyl halides is 2. The Morgan fingerprint density at radius 2 is 0.544 bits per heavy atom. The van der Waals surface area contributed by atoms with E-state index in [9.17, 15) is 9.59 Å². The van der Waals surface area contributed by atoms with Gasteiger partial charge in [-0.3, -0.25) is 9.59 Å². The van der Waals surface area contributed by atoms with Crippen LogP contribution in [0.2, 0.25) is 94.2 Å². The Morgan fingerprint density at radius 1 is 0.299 bits per heavy atom. The predicted octanol–water partition coefficient (Wildman–Crippen LogP) is 32.1. The van der Waals surface area contributed by atoms with Crippen molar-refractivity contribution in [3.8, 4) is 68.8 Å². The molecular weight excluding hydrogens is 2260 g/mol. The first-order valence-corrected chi connectivity index (χ1v) is 74.5. The molecular formula is C125H228Br2I2N10O2Si6. The Bertz CT molecular complexity index is 4520. The third-order valence-electron chi connectivity index (χ3n) is 24.2. The molecule has 0 radical (unpaired) electrons. The van der Waals surface area contributed by atoms with E-state index >= 15 is 0 Å². The number of carbonyl (C=O) groups is 2. The molecule has 0 bridgehead atoms. The van der Waals surface area contributed by atoms with Gasteiger partial charge in [0.15, 0.2) is 0 Å². The Hall–Kier alpha value is -3.42. The zero-order chi connectivity index (χ0) is 117. The van der Waals surface area contributed by atoms with Crippen LogP contribution in [0.3, 0.4) is 0 Å². The van der Waals surface area contributed by atoms with Crippen LogP contribution < -0.4 is 63.5 Å². The van der Waals surface area contributed by atoms with E-state index in [1.807, 2.05) is 41.5 Å². The number of nitrogens with one attached hydrogen (secondary N) is 10. The molecule has 2 amide bonds. The van der Waals surface area contributed by atoms with Gasteiger partial charge in [-0.05, 0) is 324 Å². The molecule has 0 aliphatic heterocycles. The molecule has 0 fully saturated rings. The third kappa shape index (κ3) is 80.1. The summed E-state index contributed by atoms with van der Waals surface area (Å²) in [7, 11) is -9.59. The summed E-state index contributed by atoms with van der Waals surface area (Å²) in [6, 6.07) is 38.8. The van der Waals surface area contributed by atoms with Crippen LogP contribution in [0.5, 0.6) is 0 Å². The van der Waals surface area contributed by atoms with Gasteiger partial charge in [-0.1, -0.05) is 354 Å². The summed E-state index contributed by atoms with van der Waals surface area (Å²) in [6.45, 7) is 133. The lowest BCUT2D eigenvalue weighted by Crippen LogP contribution is -2.63. The van der Waals surface area contributed by atoms with E-state index in [1.54, 1.807) is 0 Å². The second kappa shape index (κ2) is 69.6. The van der Waals surface area contributed by atoms with Gasteiger partial charge in [0.05, 0.1) is 44.5 Å². The molecule has 4 aromatic carbocycles. The molecule has 147 heavy (non-hydrogen) atoms. The van der Waals surface area contributed by atoms with E-state index in [4.69, 9.17) is 0 Å². The largest absolute Gasteiger partial charge is 0.351 e. The molecule has 4 rings (SSSR count). The van der Waals surface area contributed by atoms with Crippen molar-refractivity contribution in [1.29, 1.82) is 0 Å². The first-order chi connectivity index (χ1) is 65.7. The minimum absolute atomic E-state index is 0.0173. The molecule has 4 aromatic rings. The third-order valence-corrected chi connectivity index (χ3v) is 54.0. The number of rotatable bonds is 20. The summed E-state index contributed by atoms with van der Waals surface area (Å²) < 4.78 is 3.45. The van der Waals surface area contributed by atoms with Crippen LogP contribution in [-0.2, 0) is 22.7 Å². The van der Waals surface area contributed by atoms with Gasteiger partial charge in [0.25, 0.3) is 0 Å². The quantitative estimate of drug-likeness (QED) is 0.0136. The summed E-state index contributed by atoms with van der Waals surface area (Å²) in [6.07, 6.45) is 0.627. The number of amides is 2. The zero-order valence-corrected chi connectivity index (χ0v) is 119. The van der Waals surface area contributed by atoms with E-state index in [-0.39, 0.29) is 71.7 Å². The Morgan fingerprint density at radius 3 is 0.769 bits per heavy atom. The average molecular weight is 2490 g/mol. The van der Waals surface area contributed by atoms with Crippen LogP contribution in [0.15, 0.2) is 114 Å². The van der Waals surface area contributed by atoms with Crippen molar-refractivity contribution < 1.29 is 9.59 Å². The molecule has 0 aromatic heterocycles. The van der Waals surface area contributed by atoms with E-state index in [0.29, 0.717) is 46.6 Å². The molecule has 0 aliphatic rings. The lowest BCUT2D eigenvalue weighted by molar-refractivity contribution is -0.122. The van der Waals surface area contributed by atoms with Crippen LogP contribution >= 0.6 is 77.0 Å². The SMILES string of the molecule is CC(C)(C)NC(=O)CC#C[Si](C)(C)C(C)(C)C.CC(C)(C)NCBr.CC(C)(C)NCC#C[Si](C)(C)C.CC(C)(C)NCC#C[Si](C)(C)C(C)(C)C.CC(C)(C)NCC#C[Si](c1ccccc1)(c1ccccc1)C(C)(C)C.CC(C)(C)NCI.CC(C)(C)NCc1ccc(Br)cc1.CC(C)(C)NCc1ccc(I)cc1.CC(C)[Si](C#CCC(=O)NC(C)(C)C)(C(C)C)C(C)C.CC(C)[Si](C#CCNC(C)(C)C)(C(C)C)C(C)C. The van der Waals surface area contributed by atoms with Crippen LogP contribution in [0.25, 0.3) is 0 Å². The second-order valence-corrected chi connectivity index (χ2v) is 90.1. The van der Waals surface area contributed by atoms with Gasteiger partial charge in [-0.15, -0.1) is 45.1 Å². The molecule has 10 N–H and O–H groups in total. The molecule has 0 unspecified atom stereocenters. The highest BCUT2D eigenvalue weighted by molar-refractivity contribution is 14.1. The predicted molar refractivity (Wildman–Crippen MR) is 705 cm³/mol. The molecule has 0 heterocycles. The molecule has 0 spiro atoms. The van der Waals surface area contributed by atoms with Gasteiger partial charge in [-0.2, -0.15) is 0 Å². The average Bonchev–Trinajstić information content (AvgIpc) is 0.748. The lowest BCUT2D eigenvalue weighted by Gasteiger charge is -2.39. The van der Waals surface area contributed by atoms with E-state index in [2.05, 4.69) is 666 Å². The fourth-order valence-electron chi connectivity index (χ4n) is 14.1. The molecule has 0 aliphatic carbocycles. The van der Waals surface area contributed by atoms with Crippen molar-refractivity contribution >= 4 is 148 Å². The highest BCUT2D eigenvalue weighted by Crippen LogP contribution is 2.43. The maximum atomic E-state index is 11.9. The monoisotopic (exact) mass is 2480 g/mol. The highest BCUT2D eigenvalue weighted by Gasteiger charge is 2.48. The molecule has 12 nitrogen and oxygen atoms in total. The number of hydrogen-bond donors (Lipinski definition) is 10. The zero-order valence-electron chi connectivity index (χ0n) is 106. The number of halogens is 4. The second-order valence-electron chi connectivity index (χ2n) is 56.3. The summed E-state index contributed by atoms with van der Waals surface area (Å²) in [4.78, 5) is 23.5. The molecule has 0 saturated heterocycles. The van der Waals surface area contributed by atoms with E-state index in [0.717, 1.165) is 63.8 Å². The van der Waals surface area contributed by atoms with Gasteiger partial charge in [0.2, 0.25) is 19.9 Å². The van der Waals surface area contributed by atoms with Gasteiger partial charge in [0, 0.05) is 81.1 Å². The minimum atomic E-state index is -2.25. The Balaban J connectivity index is -0.000000382. The minimum Gasteiger partial charge on any atom is -0.351 e. The van der Waals surface area contributed by atoms with Crippen molar-refractivity contribution in [1.82, 2.24) is 53.2 Å². The maximum absolute atomic E-state index is 11.9. The summed E-state index contributed by atoms with van der Waals surface area (Å²) >= 11 is 11.3. The maximum Gasteiger partial charge on any atom is 0.232 e. The summed E-state index contributed by atoms with van der Waals surface area (Å²) in [5.41, 5.74) is 30.0. The number of benzene rings is 4. The lowest BCUT2D eigenvalue weighted by atomic mass is 10.1. The first-order valence-electron chi connectivity index (χ1n) is 54.1. The van der Waals surface area contributed by atoms with Crippen molar-refractivity contribution in [3.63, 3.8) is 0 Å². The standard InChI is InChI=1S/C23H31NSi.C17H33NOSi.C16H33NSi.C14H27NOSi.C13H27NSi.C11H16BrN.C11H16IN.C10H21NSi.C5H12BrN.C5H12IN/c1-22(2,3)24-18-13-19-25(23(4,5)6,20-14-9-7-10-15-20)21-16-11-8-12-17-21;1-13(2)20(14(3)4,15(5)6)12-10-11-16(19)18-17(7,8)9;1-13(2)18(14(3)4,15(5)6)12-10-11-17-16(7,8)9;1-13(2,3)15-12(16)10-9-11-17(7,8)14(4,5)6;1-12(2,3)14-10-9-11-15(7,8)13(4,5)6;2*1-11(2,3)13-8-9-4-6-10(12)7-5-9;1-10(2,3)11-8-7-9-12(4,5)6;2*1-5(2,3)7-4-6/h7-12,14-17,24H,18H2,1-6H3;13-15H,11H2,1-9H3,(H,18,19);13-15,17H,11H2,1-9H3;10H2,1-8H3,(H,15,16);14H,10H2,1-8H3;2*4-7,13H,8H2,1-3H3;11H,8H2,1-6H3;2*7H,4H2,1-3H3. The van der Waals surface area contributed by atoms with E-state index < -0.39 is 48.4 Å². The number of carbonyl (C=O) groups excluding carboxylic acids is 2. The molecule has 22 heteroatoms. The smallest absolute Gasteiger partial charge is 0.232 e. The van der Waals surface area contributed by atoms with E-state index in [1.165, 1.54) is 25.1 Å². The molecule has 0 atom stereocenters. The van der Waals surface area contributed by atoms with Crippen molar-refractivity contribution in [2.75, 3.05) is 36.2 Å². The van der Waals surface area contributed by atoms with Crippen molar-refractivity contribution in [3.05, 3.63) is 128 Å². The fraction of sp³-hybridized carbons (Fsp3) is 0.696. The Labute approximate surface area is 963 Å². The van der Waals surface area contributed by atoms with Gasteiger partial charge in [-0.25, -0.2) is 0 Å². The molecule has 842 valence electrons. The van der Waals surface area contributed by atoms with Crippen LogP contribution in [-0.4, -0.2) is 152 Å². The van der Waals surface area contributed by atoms with Crippen LogP contribution in [0.1, 0.15) is 377 Å². The summed E-state index contributed by atoms with van der Waals surface area (Å²) in [5.74, 6) is 19.7. The van der Waals surface area contributed by atoms with Gasteiger partial charge in [0.1, 0.15) is 40.4 Å². The van der Waals surface area contributed by atoms with Gasteiger partial charge < -0.3 is 53.2 Å². The van der Waals surface area contributed by atoms with Gasteiger partial charge >= 0.3 is 0 Å². The first kappa shape index (κ1) is 154. The van der Waals surface area contributed by atoms with Crippen molar-refractivity contribution in [2.24, 2.45) is 0 Å². The summed E-state index contributed by atoms with van der Waals surface area (Å²) in [5, 5.41) is 36.4. The fourth-order valence-corrected chi connectivity index (χ4v) is 34.1.